The van der Waals surface area contributed by atoms with E-state index < -0.39 is 0 Å². The van der Waals surface area contributed by atoms with E-state index in [0.29, 0.717) is 0 Å². The van der Waals surface area contributed by atoms with Crippen molar-refractivity contribution in [1.29, 1.82) is 0 Å². The van der Waals surface area contributed by atoms with Crippen molar-refractivity contribution in [1.82, 2.24) is 0 Å². The summed E-state index contributed by atoms with van der Waals surface area (Å²) in [6, 6.07) is 0. The molecule has 0 nitrogen and oxygen atoms in total. The molecule has 0 aliphatic heterocycles. The van der Waals surface area contributed by atoms with Crippen LogP contribution < -0.4 is 0 Å². The van der Waals surface area contributed by atoms with Gasteiger partial charge in [0.05, 0.1) is 0 Å². The monoisotopic (exact) mass is 455 g/mol. The Kier molecular flexibility index (Phi) is 89.8. The molecule has 4 heavy (non-hydrogen) atoms. The van der Waals surface area contributed by atoms with Gasteiger partial charge in [-0.25, -0.2) is 0 Å². The zero-order valence-electron chi connectivity index (χ0n) is 0.378. The van der Waals surface area contributed by atoms with Gasteiger partial charge < -0.3 is 0 Å². The summed E-state index contributed by atoms with van der Waals surface area (Å²) in [5, 5.41) is 0. The van der Waals surface area contributed by atoms with Gasteiger partial charge in [-0.1, -0.05) is 0 Å². The molecular formula is H7BaEuGaSr. The van der Waals surface area contributed by atoms with Crippen LogP contribution in [-0.2, 0) is 0 Å². The van der Waals surface area contributed by atoms with E-state index in [1.807, 2.05) is 0 Å². The average molecular weight is 454 g/mol. The quantitative estimate of drug-likeness (QED) is 0.343. The van der Waals surface area contributed by atoms with Gasteiger partial charge in [0, 0.05) is 49.4 Å². The Labute approximate surface area is 158 Å². The van der Waals surface area contributed by atoms with Gasteiger partial charge in [0.15, 0.2) is 0 Å². The van der Waals surface area contributed by atoms with Crippen LogP contribution in [0, 0.1) is 49.4 Å². The van der Waals surface area contributed by atoms with Crippen molar-refractivity contribution in [2.24, 2.45) is 0 Å². The van der Waals surface area contributed by atoms with Crippen LogP contribution in [0.4, 0.5) is 0 Å². The molecule has 0 amide bonds. The van der Waals surface area contributed by atoms with Gasteiger partial charge in [0.1, 0.15) is 0 Å². The molecule has 0 saturated heterocycles. The van der Waals surface area contributed by atoms with E-state index in [2.05, 4.69) is 0 Å². The predicted octanol–water partition coefficient (Wildman–Crippen LogP) is -3.02. The number of hydrogen-bond donors (Lipinski definition) is 0. The first-order valence-corrected chi connectivity index (χ1v) is 0. The van der Waals surface area contributed by atoms with Gasteiger partial charge in [-0.3, -0.25) is 0 Å². The van der Waals surface area contributed by atoms with E-state index in [4.69, 9.17) is 0 Å². The molecule has 0 N–H and O–H groups in total. The van der Waals surface area contributed by atoms with Crippen LogP contribution in [0.15, 0.2) is 0 Å². The van der Waals surface area contributed by atoms with Gasteiger partial charge in [-0.2, -0.15) is 0 Å². The van der Waals surface area contributed by atoms with Crippen LogP contribution in [0.25, 0.3) is 0 Å². The van der Waals surface area contributed by atoms with Crippen LogP contribution in [0.3, 0.4) is 0 Å². The fraction of sp³-hybridized carbons (Fsp3) is 0. The topological polar surface area (TPSA) is 0 Å². The molecule has 0 spiro atoms. The Morgan fingerprint density at radius 2 is 1.00 bits per heavy atom. The standard InChI is InChI=1S/Ba.Eu.Ga.Sr.7H. The number of hydrogen-bond acceptors (Lipinski definition) is 0. The summed E-state index contributed by atoms with van der Waals surface area (Å²) in [7, 11) is 0. The molecule has 0 rings (SSSR count). The third-order valence-corrected chi connectivity index (χ3v) is 0. The fourth-order valence-electron chi connectivity index (χ4n) is 0. The van der Waals surface area contributed by atoms with Crippen LogP contribution in [-0.4, -0.2) is 114 Å². The van der Waals surface area contributed by atoms with E-state index in [-0.39, 0.29) is 164 Å². The van der Waals surface area contributed by atoms with E-state index in [0.717, 1.165) is 0 Å². The molecule has 0 aromatic rings. The van der Waals surface area contributed by atoms with Gasteiger partial charge >= 0.3 is 114 Å². The zero-order chi connectivity index (χ0) is 0. The maximum atomic E-state index is 0. The molecular weight excluding hydrogens is 447 g/mol. The van der Waals surface area contributed by atoms with E-state index in [1.165, 1.54) is 0 Å². The van der Waals surface area contributed by atoms with Crippen LogP contribution >= 0.6 is 0 Å². The molecule has 0 fully saturated rings. The SMILES string of the molecule is [BaH2].[Eu].[GaH3].[SrH2]. The first-order chi connectivity index (χ1) is 0. The van der Waals surface area contributed by atoms with Crippen molar-refractivity contribution in [3.63, 3.8) is 0 Å². The second-order valence-electron chi connectivity index (χ2n) is 0. The molecule has 0 heterocycles. The van der Waals surface area contributed by atoms with Gasteiger partial charge in [-0.05, 0) is 0 Å². The average Bonchev–Trinajstić information content (AvgIpc) is 0. The first kappa shape index (κ1) is 22.8. The molecule has 21 valence electrons. The van der Waals surface area contributed by atoms with Gasteiger partial charge in [-0.15, -0.1) is 0 Å². The molecule has 0 atom stereocenters. The summed E-state index contributed by atoms with van der Waals surface area (Å²) in [4.78, 5) is 0. The molecule has 0 aromatic heterocycles. The van der Waals surface area contributed by atoms with Crippen molar-refractivity contribution in [2.45, 2.75) is 0 Å². The summed E-state index contributed by atoms with van der Waals surface area (Å²) in [6.07, 6.45) is 0. The predicted molar refractivity (Wildman–Crippen MR) is 27.0 cm³/mol. The first-order valence-electron chi connectivity index (χ1n) is 0. The van der Waals surface area contributed by atoms with E-state index in [9.17, 15) is 0 Å². The van der Waals surface area contributed by atoms with Crippen molar-refractivity contribution < 1.29 is 49.4 Å². The molecule has 1 radical (unpaired) electrons. The Hall–Kier alpha value is 5.27. The summed E-state index contributed by atoms with van der Waals surface area (Å²) in [6.45, 7) is 0. The molecule has 0 unspecified atom stereocenters. The Morgan fingerprint density at radius 3 is 1.00 bits per heavy atom. The van der Waals surface area contributed by atoms with Crippen molar-refractivity contribution in [3.8, 4) is 0 Å². The molecule has 4 heteroatoms. The minimum atomic E-state index is 0. The molecule has 0 aromatic carbocycles. The fourth-order valence-corrected chi connectivity index (χ4v) is 0. The van der Waals surface area contributed by atoms with E-state index >= 15 is 0 Å². The second kappa shape index (κ2) is 15.7. The van der Waals surface area contributed by atoms with Crippen LogP contribution in [0.2, 0.25) is 0 Å². The molecule has 0 aliphatic rings. The zero-order valence-corrected chi connectivity index (χ0v) is 2.80. The Balaban J connectivity index is 0. The summed E-state index contributed by atoms with van der Waals surface area (Å²) in [5.41, 5.74) is 0. The maximum absolute atomic E-state index is 0. The van der Waals surface area contributed by atoms with Gasteiger partial charge in [0.2, 0.25) is 0 Å². The third-order valence-electron chi connectivity index (χ3n) is 0. The van der Waals surface area contributed by atoms with E-state index in [1.54, 1.807) is 0 Å². The van der Waals surface area contributed by atoms with Crippen LogP contribution in [0.1, 0.15) is 0 Å². The molecule has 0 aliphatic carbocycles. The van der Waals surface area contributed by atoms with Crippen LogP contribution in [0.5, 0.6) is 0 Å². The molecule has 0 bridgehead atoms. The number of rotatable bonds is 0. The summed E-state index contributed by atoms with van der Waals surface area (Å²) < 4.78 is 0. The molecule has 0 saturated carbocycles. The Morgan fingerprint density at radius 1 is 1.00 bits per heavy atom. The Bertz CT molecular complexity index is 8.00. The van der Waals surface area contributed by atoms with Crippen molar-refractivity contribution >= 4 is 114 Å². The summed E-state index contributed by atoms with van der Waals surface area (Å²) in [5.74, 6) is 0. The third kappa shape index (κ3) is 10.3. The second-order valence-corrected chi connectivity index (χ2v) is 0. The van der Waals surface area contributed by atoms with Crippen molar-refractivity contribution in [3.05, 3.63) is 0 Å². The normalized spacial score (nSPS) is 0. The summed E-state index contributed by atoms with van der Waals surface area (Å²) >= 11 is 0. The van der Waals surface area contributed by atoms with Gasteiger partial charge in [0.25, 0.3) is 0 Å². The van der Waals surface area contributed by atoms with Crippen molar-refractivity contribution in [2.75, 3.05) is 0 Å². The minimum absolute atomic E-state index is 0.